The second-order valence-corrected chi connectivity index (χ2v) is 10.8. The van der Waals surface area contributed by atoms with E-state index in [0.717, 1.165) is 32.1 Å². The molecule has 0 aliphatic heterocycles. The lowest BCUT2D eigenvalue weighted by Gasteiger charge is -2.62. The molecule has 4 nitrogen and oxygen atoms in total. The molecule has 0 radical (unpaired) electrons. The molecule has 0 amide bonds. The van der Waals surface area contributed by atoms with Crippen molar-refractivity contribution < 1.29 is 19.0 Å². The number of ketones is 1. The molecule has 0 N–H and O–H groups in total. The minimum Gasteiger partial charge on any atom is -0.381 e. The van der Waals surface area contributed by atoms with Gasteiger partial charge in [0, 0.05) is 31.0 Å². The molecule has 3 saturated carbocycles. The van der Waals surface area contributed by atoms with Gasteiger partial charge in [-0.15, -0.1) is 0 Å². The maximum absolute atomic E-state index is 14.0. The molecule has 0 aromatic carbocycles. The van der Waals surface area contributed by atoms with Crippen molar-refractivity contribution in [2.24, 2.45) is 39.9 Å². The number of hydrogen-bond donors (Lipinski definition) is 0. The molecule has 0 heterocycles. The Morgan fingerprint density at radius 2 is 1.75 bits per heavy atom. The van der Waals surface area contributed by atoms with Crippen LogP contribution in [0.3, 0.4) is 0 Å². The first kappa shape index (κ1) is 22.2. The maximum Gasteiger partial charge on any atom is 0.146 e. The smallest absolute Gasteiger partial charge is 0.146 e. The lowest BCUT2D eigenvalue weighted by molar-refractivity contribution is -0.222. The second kappa shape index (κ2) is 7.67. The van der Waals surface area contributed by atoms with E-state index in [4.69, 9.17) is 14.2 Å². The molecule has 0 aromatic heterocycles. The van der Waals surface area contributed by atoms with Crippen molar-refractivity contribution >= 4 is 5.78 Å². The van der Waals surface area contributed by atoms with Crippen molar-refractivity contribution in [3.05, 3.63) is 0 Å². The van der Waals surface area contributed by atoms with E-state index in [9.17, 15) is 4.79 Å². The summed E-state index contributed by atoms with van der Waals surface area (Å²) in [6.07, 6.45) is 5.40. The minimum absolute atomic E-state index is 0.00766. The molecule has 0 spiro atoms. The van der Waals surface area contributed by atoms with Gasteiger partial charge in [0.25, 0.3) is 0 Å². The molecule has 2 bridgehead atoms. The van der Waals surface area contributed by atoms with Crippen LogP contribution in [0.2, 0.25) is 0 Å². The van der Waals surface area contributed by atoms with Crippen LogP contribution in [0.15, 0.2) is 0 Å². The van der Waals surface area contributed by atoms with Crippen LogP contribution in [0.1, 0.15) is 73.6 Å². The predicted octanol–water partition coefficient (Wildman–Crippen LogP) is 5.09. The third-order valence-electron chi connectivity index (χ3n) is 9.75. The number of rotatable bonds is 5. The number of carbonyl (C=O) groups is 1. The van der Waals surface area contributed by atoms with E-state index in [1.54, 1.807) is 7.11 Å². The standard InChI is InChI=1S/C24H42O4/c1-15(2)22(5)13-19(28-14-26-7)23(6)16(3)9-11-24(17(4)21(22)25)12-10-18(27-8)20(23)24/h15-20H,9-14H2,1-8H3/t16-,17+,18-,19-,20?,22+,23+,24?/m1/s1. The first-order valence-corrected chi connectivity index (χ1v) is 11.3. The fourth-order valence-corrected chi connectivity index (χ4v) is 7.35. The van der Waals surface area contributed by atoms with Crippen molar-refractivity contribution in [3.8, 4) is 0 Å². The normalized spacial score (nSPS) is 49.0. The first-order valence-electron chi connectivity index (χ1n) is 11.3. The highest BCUT2D eigenvalue weighted by atomic mass is 16.7. The number of Topliss-reactive ketones (excluding diaryl/α,β-unsaturated/α-hetero) is 1. The van der Waals surface area contributed by atoms with Crippen molar-refractivity contribution in [3.63, 3.8) is 0 Å². The summed E-state index contributed by atoms with van der Waals surface area (Å²) < 4.78 is 17.8. The van der Waals surface area contributed by atoms with Gasteiger partial charge in [0.2, 0.25) is 0 Å². The largest absolute Gasteiger partial charge is 0.381 e. The van der Waals surface area contributed by atoms with Crippen LogP contribution in [-0.4, -0.2) is 39.0 Å². The zero-order valence-corrected chi connectivity index (χ0v) is 19.3. The van der Waals surface area contributed by atoms with Crippen LogP contribution in [0.25, 0.3) is 0 Å². The van der Waals surface area contributed by atoms with Crippen LogP contribution >= 0.6 is 0 Å². The maximum atomic E-state index is 14.0. The Labute approximate surface area is 172 Å². The molecule has 3 aliphatic rings. The van der Waals surface area contributed by atoms with Crippen LogP contribution < -0.4 is 0 Å². The molecule has 3 fully saturated rings. The van der Waals surface area contributed by atoms with E-state index in [-0.39, 0.29) is 47.1 Å². The lowest BCUT2D eigenvalue weighted by atomic mass is 9.43. The van der Waals surface area contributed by atoms with Gasteiger partial charge in [-0.2, -0.15) is 0 Å². The van der Waals surface area contributed by atoms with Crippen molar-refractivity contribution in [2.45, 2.75) is 85.9 Å². The highest BCUT2D eigenvalue weighted by Crippen LogP contribution is 2.69. The molecule has 0 saturated heterocycles. The molecule has 28 heavy (non-hydrogen) atoms. The molecule has 4 heteroatoms. The zero-order chi connectivity index (χ0) is 20.9. The van der Waals surface area contributed by atoms with Gasteiger partial charge in [0.1, 0.15) is 12.6 Å². The summed E-state index contributed by atoms with van der Waals surface area (Å²) in [4.78, 5) is 14.0. The summed E-state index contributed by atoms with van der Waals surface area (Å²) >= 11 is 0. The quantitative estimate of drug-likeness (QED) is 0.609. The van der Waals surface area contributed by atoms with Gasteiger partial charge in [0.05, 0.1) is 12.2 Å². The first-order chi connectivity index (χ1) is 13.1. The molecular formula is C24H42O4. The fourth-order valence-electron chi connectivity index (χ4n) is 7.35. The minimum atomic E-state index is -0.376. The third-order valence-corrected chi connectivity index (χ3v) is 9.75. The second-order valence-electron chi connectivity index (χ2n) is 10.8. The van der Waals surface area contributed by atoms with E-state index in [2.05, 4.69) is 41.5 Å². The summed E-state index contributed by atoms with van der Waals surface area (Å²) in [5.41, 5.74) is -0.372. The van der Waals surface area contributed by atoms with Crippen LogP contribution in [-0.2, 0) is 19.0 Å². The lowest BCUT2D eigenvalue weighted by Crippen LogP contribution is -2.63. The number of methoxy groups -OCH3 is 2. The van der Waals surface area contributed by atoms with Crippen LogP contribution in [0.4, 0.5) is 0 Å². The highest BCUT2D eigenvalue weighted by Gasteiger charge is 2.68. The SMILES string of the molecule is COCO[C@@H]1C[C@@](C)(C(C)C)C(=O)[C@H](C)C23CC[C@@H](C)[C@]1(C)C2[C@H](OC)CC3. The van der Waals surface area contributed by atoms with Crippen molar-refractivity contribution in [1.29, 1.82) is 0 Å². The fraction of sp³-hybridized carbons (Fsp3) is 0.958. The van der Waals surface area contributed by atoms with Crippen LogP contribution in [0.5, 0.6) is 0 Å². The Hall–Kier alpha value is -0.450. The van der Waals surface area contributed by atoms with Gasteiger partial charge in [0.15, 0.2) is 0 Å². The molecule has 0 aromatic rings. The third kappa shape index (κ3) is 2.93. The topological polar surface area (TPSA) is 44.8 Å². The highest BCUT2D eigenvalue weighted by molar-refractivity contribution is 5.87. The number of hydrogen-bond acceptors (Lipinski definition) is 4. The zero-order valence-electron chi connectivity index (χ0n) is 19.3. The Balaban J connectivity index is 2.20. The average Bonchev–Trinajstić information content (AvgIpc) is 3.06. The van der Waals surface area contributed by atoms with Gasteiger partial charge in [-0.25, -0.2) is 0 Å². The van der Waals surface area contributed by atoms with E-state index < -0.39 is 0 Å². The van der Waals surface area contributed by atoms with Gasteiger partial charge >= 0.3 is 0 Å². The van der Waals surface area contributed by atoms with Crippen molar-refractivity contribution in [2.75, 3.05) is 21.0 Å². The molecule has 8 atom stereocenters. The monoisotopic (exact) mass is 394 g/mol. The van der Waals surface area contributed by atoms with E-state index in [0.29, 0.717) is 17.6 Å². The van der Waals surface area contributed by atoms with E-state index in [1.807, 2.05) is 7.11 Å². The van der Waals surface area contributed by atoms with Gasteiger partial charge < -0.3 is 14.2 Å². The summed E-state index contributed by atoms with van der Waals surface area (Å²) in [5.74, 6) is 1.67. The van der Waals surface area contributed by atoms with E-state index in [1.165, 1.54) is 0 Å². The molecule has 3 rings (SSSR count). The Morgan fingerprint density at radius 1 is 1.11 bits per heavy atom. The summed E-state index contributed by atoms with van der Waals surface area (Å²) in [6.45, 7) is 13.9. The Morgan fingerprint density at radius 3 is 2.32 bits per heavy atom. The Kier molecular flexibility index (Phi) is 6.09. The van der Waals surface area contributed by atoms with Gasteiger partial charge in [-0.1, -0.05) is 41.5 Å². The van der Waals surface area contributed by atoms with Gasteiger partial charge in [-0.05, 0) is 55.3 Å². The molecule has 162 valence electrons. The molecule has 3 aliphatic carbocycles. The van der Waals surface area contributed by atoms with E-state index >= 15 is 0 Å². The molecule has 2 unspecified atom stereocenters. The average molecular weight is 395 g/mol. The summed E-state index contributed by atoms with van der Waals surface area (Å²) in [7, 11) is 3.53. The summed E-state index contributed by atoms with van der Waals surface area (Å²) in [5, 5.41) is 0. The predicted molar refractivity (Wildman–Crippen MR) is 111 cm³/mol. The van der Waals surface area contributed by atoms with Crippen molar-refractivity contribution in [1.82, 2.24) is 0 Å². The number of ether oxygens (including phenoxy) is 3. The molecular weight excluding hydrogens is 352 g/mol. The van der Waals surface area contributed by atoms with Gasteiger partial charge in [-0.3, -0.25) is 4.79 Å². The van der Waals surface area contributed by atoms with Crippen LogP contribution in [0, 0.1) is 39.9 Å². The number of carbonyl (C=O) groups excluding carboxylic acids is 1. The Bertz CT molecular complexity index is 589. The summed E-state index contributed by atoms with van der Waals surface area (Å²) in [6, 6.07) is 0.